The Balaban J connectivity index is 0.000000146. The summed E-state index contributed by atoms with van der Waals surface area (Å²) < 4.78 is 0. The van der Waals surface area contributed by atoms with Crippen LogP contribution >= 0.6 is 0 Å². The van der Waals surface area contributed by atoms with Crippen molar-refractivity contribution in [1.82, 2.24) is 9.80 Å². The molecule has 0 amide bonds. The molecule has 14 heavy (non-hydrogen) atoms. The molecule has 1 unspecified atom stereocenters. The summed E-state index contributed by atoms with van der Waals surface area (Å²) in [6.07, 6.45) is 2.84. The van der Waals surface area contributed by atoms with E-state index in [1.807, 2.05) is 0 Å². The van der Waals surface area contributed by atoms with Gasteiger partial charge in [0.15, 0.2) is 0 Å². The zero-order valence-electron chi connectivity index (χ0n) is 10.3. The SMILES string of the molecule is CC1CCCN(C)C1.CC1CN(C)C1. The molecule has 2 aliphatic heterocycles. The van der Waals surface area contributed by atoms with E-state index in [1.54, 1.807) is 0 Å². The van der Waals surface area contributed by atoms with Crippen LogP contribution in [-0.4, -0.2) is 50.1 Å². The quantitative estimate of drug-likeness (QED) is 0.587. The van der Waals surface area contributed by atoms with Crippen LogP contribution in [0.5, 0.6) is 0 Å². The van der Waals surface area contributed by atoms with Crippen molar-refractivity contribution in [2.75, 3.05) is 40.3 Å². The summed E-state index contributed by atoms with van der Waals surface area (Å²) in [5.74, 6) is 1.91. The van der Waals surface area contributed by atoms with Crippen LogP contribution in [0, 0.1) is 11.8 Å². The standard InChI is InChI=1S/C7H15N.C5H11N/c1-7-4-3-5-8(2)6-7;1-5-3-6(2)4-5/h7H,3-6H2,1-2H3;5H,3-4H2,1-2H3. The topological polar surface area (TPSA) is 6.48 Å². The minimum absolute atomic E-state index is 0.939. The van der Waals surface area contributed by atoms with Crippen molar-refractivity contribution in [2.24, 2.45) is 11.8 Å². The molecule has 0 aromatic carbocycles. The van der Waals surface area contributed by atoms with E-state index in [9.17, 15) is 0 Å². The highest BCUT2D eigenvalue weighted by atomic mass is 15.2. The number of likely N-dealkylation sites (tertiary alicyclic amines) is 2. The molecule has 0 radical (unpaired) electrons. The first-order valence-electron chi connectivity index (χ1n) is 5.95. The molecular formula is C12H26N2. The van der Waals surface area contributed by atoms with Gasteiger partial charge in [0.05, 0.1) is 0 Å². The van der Waals surface area contributed by atoms with E-state index in [1.165, 1.54) is 39.0 Å². The van der Waals surface area contributed by atoms with E-state index in [2.05, 4.69) is 37.7 Å². The molecule has 2 nitrogen and oxygen atoms in total. The summed E-state index contributed by atoms with van der Waals surface area (Å²) in [6, 6.07) is 0. The Morgan fingerprint density at radius 2 is 1.43 bits per heavy atom. The molecule has 0 saturated carbocycles. The monoisotopic (exact) mass is 198 g/mol. The van der Waals surface area contributed by atoms with Crippen LogP contribution in [0.3, 0.4) is 0 Å². The second-order valence-electron chi connectivity index (χ2n) is 5.34. The van der Waals surface area contributed by atoms with E-state index in [0.29, 0.717) is 0 Å². The number of rotatable bonds is 0. The van der Waals surface area contributed by atoms with Gasteiger partial charge in [-0.2, -0.15) is 0 Å². The number of nitrogens with zero attached hydrogens (tertiary/aromatic N) is 2. The lowest BCUT2D eigenvalue weighted by Crippen LogP contribution is -2.41. The molecule has 0 aromatic heterocycles. The Bertz CT molecular complexity index is 138. The highest BCUT2D eigenvalue weighted by Gasteiger charge is 2.16. The Morgan fingerprint density at radius 1 is 0.857 bits per heavy atom. The van der Waals surface area contributed by atoms with Crippen LogP contribution < -0.4 is 0 Å². The molecule has 2 saturated heterocycles. The molecule has 0 spiro atoms. The lowest BCUT2D eigenvalue weighted by Gasteiger charge is -2.33. The molecule has 2 rings (SSSR count). The average Bonchev–Trinajstić information content (AvgIpc) is 2.02. The van der Waals surface area contributed by atoms with Crippen LogP contribution in [-0.2, 0) is 0 Å². The van der Waals surface area contributed by atoms with Crippen molar-refractivity contribution < 1.29 is 0 Å². The van der Waals surface area contributed by atoms with E-state index < -0.39 is 0 Å². The van der Waals surface area contributed by atoms with Gasteiger partial charge in [-0.15, -0.1) is 0 Å². The predicted molar refractivity (Wildman–Crippen MR) is 62.6 cm³/mol. The van der Waals surface area contributed by atoms with Gasteiger partial charge in [0.1, 0.15) is 0 Å². The second-order valence-corrected chi connectivity index (χ2v) is 5.34. The summed E-state index contributed by atoms with van der Waals surface area (Å²) >= 11 is 0. The van der Waals surface area contributed by atoms with Crippen molar-refractivity contribution in [3.8, 4) is 0 Å². The van der Waals surface area contributed by atoms with Gasteiger partial charge in [-0.3, -0.25) is 0 Å². The zero-order valence-corrected chi connectivity index (χ0v) is 10.3. The van der Waals surface area contributed by atoms with Crippen LogP contribution in [0.2, 0.25) is 0 Å². The Morgan fingerprint density at radius 3 is 1.64 bits per heavy atom. The lowest BCUT2D eigenvalue weighted by molar-refractivity contribution is 0.149. The van der Waals surface area contributed by atoms with Gasteiger partial charge in [0.2, 0.25) is 0 Å². The maximum Gasteiger partial charge on any atom is 0.00163 e. The summed E-state index contributed by atoms with van der Waals surface area (Å²) in [5.41, 5.74) is 0. The molecule has 84 valence electrons. The Labute approximate surface area is 89.3 Å². The molecule has 2 heterocycles. The van der Waals surface area contributed by atoms with Gasteiger partial charge >= 0.3 is 0 Å². The molecule has 2 aliphatic rings. The molecule has 0 aliphatic carbocycles. The first-order valence-corrected chi connectivity index (χ1v) is 5.95. The van der Waals surface area contributed by atoms with Crippen molar-refractivity contribution in [3.63, 3.8) is 0 Å². The fourth-order valence-corrected chi connectivity index (χ4v) is 2.43. The third-order valence-electron chi connectivity index (χ3n) is 3.11. The molecule has 1 atom stereocenters. The largest absolute Gasteiger partial charge is 0.306 e. The highest BCUT2D eigenvalue weighted by molar-refractivity contribution is 4.71. The Hall–Kier alpha value is -0.0800. The maximum atomic E-state index is 2.41. The van der Waals surface area contributed by atoms with E-state index in [-0.39, 0.29) is 0 Å². The van der Waals surface area contributed by atoms with Gasteiger partial charge in [0, 0.05) is 19.6 Å². The van der Waals surface area contributed by atoms with Crippen LogP contribution in [0.1, 0.15) is 26.7 Å². The van der Waals surface area contributed by atoms with Crippen LogP contribution in [0.25, 0.3) is 0 Å². The first kappa shape index (κ1) is 12.0. The van der Waals surface area contributed by atoms with Gasteiger partial charge < -0.3 is 9.80 Å². The normalized spacial score (nSPS) is 30.4. The van der Waals surface area contributed by atoms with Crippen molar-refractivity contribution in [1.29, 1.82) is 0 Å². The molecule has 2 fully saturated rings. The summed E-state index contributed by atoms with van der Waals surface area (Å²) in [7, 11) is 4.36. The molecule has 0 aromatic rings. The average molecular weight is 198 g/mol. The highest BCUT2D eigenvalue weighted by Crippen LogP contribution is 2.12. The van der Waals surface area contributed by atoms with Gasteiger partial charge in [-0.1, -0.05) is 13.8 Å². The first-order chi connectivity index (χ1) is 6.58. The predicted octanol–water partition coefficient (Wildman–Crippen LogP) is 1.92. The minimum Gasteiger partial charge on any atom is -0.306 e. The van der Waals surface area contributed by atoms with Crippen molar-refractivity contribution >= 4 is 0 Å². The maximum absolute atomic E-state index is 2.41. The van der Waals surface area contributed by atoms with E-state index in [0.717, 1.165) is 11.8 Å². The molecule has 2 heteroatoms. The van der Waals surface area contributed by atoms with Crippen molar-refractivity contribution in [3.05, 3.63) is 0 Å². The third-order valence-corrected chi connectivity index (χ3v) is 3.11. The van der Waals surface area contributed by atoms with Crippen LogP contribution in [0.4, 0.5) is 0 Å². The molecule has 0 bridgehead atoms. The van der Waals surface area contributed by atoms with Crippen molar-refractivity contribution in [2.45, 2.75) is 26.7 Å². The van der Waals surface area contributed by atoms with Gasteiger partial charge in [0.25, 0.3) is 0 Å². The fourth-order valence-electron chi connectivity index (χ4n) is 2.43. The van der Waals surface area contributed by atoms with E-state index >= 15 is 0 Å². The molecule has 0 N–H and O–H groups in total. The zero-order chi connectivity index (χ0) is 10.6. The number of hydrogen-bond acceptors (Lipinski definition) is 2. The summed E-state index contributed by atoms with van der Waals surface area (Å²) in [4.78, 5) is 4.73. The Kier molecular flexibility index (Phi) is 4.90. The minimum atomic E-state index is 0.939. The van der Waals surface area contributed by atoms with E-state index in [4.69, 9.17) is 0 Å². The lowest BCUT2D eigenvalue weighted by atomic mass is 10.0. The summed E-state index contributed by atoms with van der Waals surface area (Å²) in [5, 5.41) is 0. The second kappa shape index (κ2) is 5.72. The van der Waals surface area contributed by atoms with Gasteiger partial charge in [-0.25, -0.2) is 0 Å². The summed E-state index contributed by atoms with van der Waals surface area (Å²) in [6.45, 7) is 9.83. The van der Waals surface area contributed by atoms with Gasteiger partial charge in [-0.05, 0) is 45.3 Å². The number of piperidine rings is 1. The number of hydrogen-bond donors (Lipinski definition) is 0. The smallest absolute Gasteiger partial charge is 0.00163 e. The molecular weight excluding hydrogens is 172 g/mol. The fraction of sp³-hybridized carbons (Fsp3) is 1.00. The van der Waals surface area contributed by atoms with Crippen LogP contribution in [0.15, 0.2) is 0 Å². The third kappa shape index (κ3) is 4.43.